The predicted octanol–water partition coefficient (Wildman–Crippen LogP) is 4.08. The summed E-state index contributed by atoms with van der Waals surface area (Å²) in [4.78, 5) is 0. The van der Waals surface area contributed by atoms with Crippen LogP contribution in [-0.4, -0.2) is 26.4 Å². The lowest BCUT2D eigenvalue weighted by Crippen LogP contribution is -2.19. The molecule has 1 aromatic heterocycles. The molecule has 0 N–H and O–H groups in total. The molecular weight excluding hydrogens is 379 g/mol. The first-order valence-corrected chi connectivity index (χ1v) is 9.16. The van der Waals surface area contributed by atoms with Crippen molar-refractivity contribution in [3.8, 4) is 5.75 Å². The molecule has 1 aromatic carbocycles. The van der Waals surface area contributed by atoms with E-state index in [9.17, 15) is 0 Å². The zero-order valence-corrected chi connectivity index (χ0v) is 14.1. The second-order valence-corrected chi connectivity index (χ2v) is 6.81. The van der Waals surface area contributed by atoms with Crippen molar-refractivity contribution in [3.63, 3.8) is 0 Å². The number of hydrogen-bond acceptors (Lipinski definition) is 3. The lowest BCUT2D eigenvalue weighted by Gasteiger charge is -2.23. The van der Waals surface area contributed by atoms with Crippen molar-refractivity contribution in [2.75, 3.05) is 11.0 Å². The van der Waals surface area contributed by atoms with Crippen molar-refractivity contribution in [3.05, 3.63) is 24.4 Å². The molecule has 4 nitrogen and oxygen atoms in total. The van der Waals surface area contributed by atoms with Crippen LogP contribution in [0.25, 0.3) is 10.9 Å². The largest absolute Gasteiger partial charge is 0.486 e. The zero-order chi connectivity index (χ0) is 14.3. The third-order valence-electron chi connectivity index (χ3n) is 4.38. The van der Waals surface area contributed by atoms with Crippen molar-refractivity contribution in [2.24, 2.45) is 0 Å². The Hall–Kier alpha value is -0.820. The van der Waals surface area contributed by atoms with Crippen LogP contribution >= 0.6 is 22.6 Å². The highest BCUT2D eigenvalue weighted by atomic mass is 127. The van der Waals surface area contributed by atoms with Gasteiger partial charge in [0.25, 0.3) is 0 Å². The molecule has 4 rings (SSSR count). The first-order chi connectivity index (χ1) is 10.3. The van der Waals surface area contributed by atoms with Gasteiger partial charge in [-0.3, -0.25) is 0 Å². The second kappa shape index (κ2) is 5.43. The van der Waals surface area contributed by atoms with Crippen LogP contribution in [0.15, 0.2) is 24.4 Å². The lowest BCUT2D eigenvalue weighted by molar-refractivity contribution is -0.0366. The molecule has 0 bridgehead atoms. The molecule has 1 unspecified atom stereocenters. The average Bonchev–Trinajstić information content (AvgIpc) is 3.18. The van der Waals surface area contributed by atoms with E-state index in [0.29, 0.717) is 0 Å². The van der Waals surface area contributed by atoms with Gasteiger partial charge in [-0.25, -0.2) is 4.68 Å². The van der Waals surface area contributed by atoms with Gasteiger partial charge in [-0.15, -0.1) is 0 Å². The normalized spacial score (nSPS) is 24.1. The minimum absolute atomic E-state index is 0.0899. The van der Waals surface area contributed by atoms with Crippen molar-refractivity contribution in [2.45, 2.75) is 43.9 Å². The van der Waals surface area contributed by atoms with Crippen molar-refractivity contribution in [1.29, 1.82) is 0 Å². The Balaban J connectivity index is 1.61. The topological polar surface area (TPSA) is 36.3 Å². The maximum Gasteiger partial charge on any atom is 0.150 e. The molecular formula is C16H19IN2O2. The van der Waals surface area contributed by atoms with Crippen LogP contribution in [-0.2, 0) is 4.74 Å². The van der Waals surface area contributed by atoms with Gasteiger partial charge in [-0.2, -0.15) is 5.10 Å². The van der Waals surface area contributed by atoms with Crippen molar-refractivity contribution >= 4 is 33.5 Å². The SMILES string of the molecule is ICC1(Oc2ccc3c(cnn3C3CCCCO3)c2)CC1. The number of fused-ring (bicyclic) bond motifs is 1. The van der Waals surface area contributed by atoms with Gasteiger partial charge >= 0.3 is 0 Å². The van der Waals surface area contributed by atoms with Gasteiger partial charge < -0.3 is 9.47 Å². The first-order valence-electron chi connectivity index (χ1n) is 7.64. The fourth-order valence-electron chi connectivity index (χ4n) is 2.89. The van der Waals surface area contributed by atoms with Gasteiger partial charge in [0.15, 0.2) is 6.23 Å². The monoisotopic (exact) mass is 398 g/mol. The standard InChI is InChI=1S/C16H19IN2O2/c17-11-16(6-7-16)21-13-4-5-14-12(9-13)10-18-19(14)15-3-1-2-8-20-15/h4-5,9-10,15H,1-3,6-8,11H2. The van der Waals surface area contributed by atoms with Crippen LogP contribution in [0.5, 0.6) is 5.75 Å². The van der Waals surface area contributed by atoms with Gasteiger partial charge in [-0.1, -0.05) is 22.6 Å². The van der Waals surface area contributed by atoms with E-state index in [1.165, 1.54) is 19.3 Å². The van der Waals surface area contributed by atoms with Gasteiger partial charge in [0.05, 0.1) is 11.7 Å². The number of hydrogen-bond donors (Lipinski definition) is 0. The summed E-state index contributed by atoms with van der Waals surface area (Å²) in [5, 5.41) is 5.66. The molecule has 0 radical (unpaired) electrons. The molecule has 1 saturated carbocycles. The number of rotatable bonds is 4. The summed E-state index contributed by atoms with van der Waals surface area (Å²) in [5.41, 5.74) is 1.23. The van der Waals surface area contributed by atoms with E-state index in [1.807, 2.05) is 10.9 Å². The molecule has 2 aromatic rings. The van der Waals surface area contributed by atoms with Crippen molar-refractivity contribution in [1.82, 2.24) is 9.78 Å². The Bertz CT molecular complexity index is 645. The molecule has 5 heteroatoms. The van der Waals surface area contributed by atoms with E-state index in [0.717, 1.165) is 40.5 Å². The summed E-state index contributed by atoms with van der Waals surface area (Å²) >= 11 is 2.41. The number of alkyl halides is 1. The molecule has 2 fully saturated rings. The van der Waals surface area contributed by atoms with Crippen LogP contribution in [0.2, 0.25) is 0 Å². The molecule has 1 saturated heterocycles. The fourth-order valence-corrected chi connectivity index (χ4v) is 3.81. The summed E-state index contributed by atoms with van der Waals surface area (Å²) in [7, 11) is 0. The average molecular weight is 398 g/mol. The van der Waals surface area contributed by atoms with E-state index in [2.05, 4.69) is 45.9 Å². The molecule has 112 valence electrons. The van der Waals surface area contributed by atoms with Crippen molar-refractivity contribution < 1.29 is 9.47 Å². The molecule has 21 heavy (non-hydrogen) atoms. The van der Waals surface area contributed by atoms with E-state index in [4.69, 9.17) is 9.47 Å². The minimum Gasteiger partial charge on any atom is -0.486 e. The van der Waals surface area contributed by atoms with Gasteiger partial charge in [0.2, 0.25) is 0 Å². The van der Waals surface area contributed by atoms with Crippen LogP contribution < -0.4 is 4.74 Å². The van der Waals surface area contributed by atoms with E-state index >= 15 is 0 Å². The fraction of sp³-hybridized carbons (Fsp3) is 0.562. The summed E-state index contributed by atoms with van der Waals surface area (Å²) in [5.74, 6) is 0.959. The molecule has 1 aliphatic carbocycles. The van der Waals surface area contributed by atoms with E-state index in [1.54, 1.807) is 0 Å². The molecule has 0 amide bonds. The lowest BCUT2D eigenvalue weighted by atomic mass is 10.2. The number of ether oxygens (including phenoxy) is 2. The summed E-state index contributed by atoms with van der Waals surface area (Å²) in [6, 6.07) is 6.28. The Morgan fingerprint density at radius 1 is 1.38 bits per heavy atom. The van der Waals surface area contributed by atoms with Crippen LogP contribution in [0.1, 0.15) is 38.3 Å². The van der Waals surface area contributed by atoms with Crippen LogP contribution in [0.3, 0.4) is 0 Å². The molecule has 2 heterocycles. The van der Waals surface area contributed by atoms with Gasteiger partial charge in [0, 0.05) is 16.4 Å². The Morgan fingerprint density at radius 3 is 3.00 bits per heavy atom. The zero-order valence-electron chi connectivity index (χ0n) is 11.9. The molecule has 2 aliphatic rings. The summed E-state index contributed by atoms with van der Waals surface area (Å²) < 4.78 is 15.1. The number of aromatic nitrogens is 2. The number of halogens is 1. The van der Waals surface area contributed by atoms with Crippen LogP contribution in [0, 0.1) is 0 Å². The summed E-state index contributed by atoms with van der Waals surface area (Å²) in [6.07, 6.45) is 7.77. The highest BCUT2D eigenvalue weighted by molar-refractivity contribution is 14.1. The molecule has 0 spiro atoms. The minimum atomic E-state index is 0.0899. The van der Waals surface area contributed by atoms with Gasteiger partial charge in [-0.05, 0) is 50.3 Å². The van der Waals surface area contributed by atoms with E-state index < -0.39 is 0 Å². The maximum atomic E-state index is 6.15. The quantitative estimate of drug-likeness (QED) is 0.575. The Kier molecular flexibility index (Phi) is 3.57. The Morgan fingerprint density at radius 2 is 2.29 bits per heavy atom. The summed E-state index contributed by atoms with van der Waals surface area (Å²) in [6.45, 7) is 0.839. The first kappa shape index (κ1) is 13.8. The highest BCUT2D eigenvalue weighted by Crippen LogP contribution is 2.42. The smallest absolute Gasteiger partial charge is 0.150 e. The highest BCUT2D eigenvalue weighted by Gasteiger charge is 2.44. The maximum absolute atomic E-state index is 6.15. The van der Waals surface area contributed by atoms with Gasteiger partial charge in [0.1, 0.15) is 11.4 Å². The third-order valence-corrected chi connectivity index (χ3v) is 5.77. The number of nitrogens with zero attached hydrogens (tertiary/aromatic N) is 2. The molecule has 1 aliphatic heterocycles. The second-order valence-electron chi connectivity index (χ2n) is 6.05. The predicted molar refractivity (Wildman–Crippen MR) is 90.1 cm³/mol. The third kappa shape index (κ3) is 2.65. The molecule has 1 atom stereocenters. The van der Waals surface area contributed by atoms with Crippen LogP contribution in [0.4, 0.5) is 0 Å². The number of benzene rings is 1. The Labute approximate surface area is 137 Å². The van der Waals surface area contributed by atoms with E-state index in [-0.39, 0.29) is 11.8 Å².